The third kappa shape index (κ3) is 11.9. The number of carbonyl (C=O) groups excluding carboxylic acids is 1. The van der Waals surface area contributed by atoms with Crippen molar-refractivity contribution in [3.8, 4) is 11.5 Å². The Balaban J connectivity index is 0.00000368. The van der Waals surface area contributed by atoms with E-state index in [1.807, 2.05) is 40.7 Å². The van der Waals surface area contributed by atoms with E-state index in [9.17, 15) is 13.2 Å². The number of rotatable bonds is 11. The summed E-state index contributed by atoms with van der Waals surface area (Å²) in [6.07, 6.45) is 5.63. The lowest BCUT2D eigenvalue weighted by atomic mass is 9.96. The highest BCUT2D eigenvalue weighted by Crippen LogP contribution is 2.34. The Morgan fingerprint density at radius 1 is 1.07 bits per heavy atom. The highest BCUT2D eigenvalue weighted by molar-refractivity contribution is 7.90. The van der Waals surface area contributed by atoms with Gasteiger partial charge in [0.25, 0.3) is 5.91 Å². The van der Waals surface area contributed by atoms with Crippen molar-refractivity contribution in [3.63, 3.8) is 0 Å². The molecule has 46 heavy (non-hydrogen) atoms. The van der Waals surface area contributed by atoms with Gasteiger partial charge in [-0.2, -0.15) is 0 Å². The Labute approximate surface area is 289 Å². The quantitative estimate of drug-likeness (QED) is 0.168. The van der Waals surface area contributed by atoms with Crippen LogP contribution >= 0.6 is 36.4 Å². The van der Waals surface area contributed by atoms with Crippen LogP contribution in [0.5, 0.6) is 11.5 Å². The van der Waals surface area contributed by atoms with Gasteiger partial charge >= 0.3 is 0 Å². The summed E-state index contributed by atoms with van der Waals surface area (Å²) in [5, 5.41) is 13.5. The number of hydrogen-bond donors (Lipinski definition) is 4. The van der Waals surface area contributed by atoms with Crippen molar-refractivity contribution >= 4 is 75.6 Å². The minimum atomic E-state index is -3.07. The number of amides is 1. The van der Waals surface area contributed by atoms with Crippen LogP contribution in [-0.4, -0.2) is 61.5 Å². The van der Waals surface area contributed by atoms with Gasteiger partial charge in [-0.3, -0.25) is 4.79 Å². The summed E-state index contributed by atoms with van der Waals surface area (Å²) < 4.78 is 29.6. The standard InChI is InChI=1S/C32H41ClN6O4S.2ClH/c1-31(2,3)39-30(40)22-8-7-9-24(15-22)43-27-11-10-23(16-26(27)33)38-29-25-14-21(12-13-35-28(25)36-20-37-29)17-34-18-32(4,5)19-44(6,41)42;;/h7-11,14-16,20,34H,12-13,17-19H2,1-6H3,(H,39,40)(H2,35,36,37,38);2*1H. The van der Waals surface area contributed by atoms with Crippen LogP contribution < -0.4 is 26.0 Å². The van der Waals surface area contributed by atoms with Crippen LogP contribution in [0.4, 0.5) is 17.3 Å². The molecule has 0 bridgehead atoms. The second-order valence-corrected chi connectivity index (χ2v) is 15.5. The summed E-state index contributed by atoms with van der Waals surface area (Å²) in [6.45, 7) is 11.6. The fourth-order valence-electron chi connectivity index (χ4n) is 4.89. The van der Waals surface area contributed by atoms with Gasteiger partial charge in [0.15, 0.2) is 0 Å². The Kier molecular flexibility index (Phi) is 13.7. The third-order valence-corrected chi connectivity index (χ3v) is 8.19. The molecular formula is C32H43Cl3N6O4S. The van der Waals surface area contributed by atoms with Gasteiger partial charge in [0.1, 0.15) is 39.3 Å². The molecule has 0 fully saturated rings. The topological polar surface area (TPSA) is 134 Å². The van der Waals surface area contributed by atoms with Crippen molar-refractivity contribution in [1.29, 1.82) is 0 Å². The largest absolute Gasteiger partial charge is 0.456 e. The number of nitrogens with zero attached hydrogens (tertiary/aromatic N) is 2. The molecule has 1 aliphatic heterocycles. The molecule has 14 heteroatoms. The van der Waals surface area contributed by atoms with E-state index < -0.39 is 9.84 Å². The van der Waals surface area contributed by atoms with E-state index in [2.05, 4.69) is 37.3 Å². The maximum atomic E-state index is 12.6. The molecule has 4 rings (SSSR count). The average Bonchev–Trinajstić information content (AvgIpc) is 3.11. The van der Waals surface area contributed by atoms with E-state index in [1.54, 1.807) is 36.4 Å². The van der Waals surface area contributed by atoms with Crippen molar-refractivity contribution in [2.24, 2.45) is 5.41 Å². The highest BCUT2D eigenvalue weighted by atomic mass is 35.5. The SMILES string of the molecule is CC(C)(CNCC1=Cc2c(ncnc2Nc2ccc(Oc3cccc(C(=O)NC(C)(C)C)c3)c(Cl)c2)NCC1)CS(C)(=O)=O.Cl.Cl. The van der Waals surface area contributed by atoms with Gasteiger partial charge in [-0.25, -0.2) is 18.4 Å². The summed E-state index contributed by atoms with van der Waals surface area (Å²) >= 11 is 6.61. The zero-order chi connectivity index (χ0) is 32.1. The first kappa shape index (κ1) is 39.1. The van der Waals surface area contributed by atoms with Crippen LogP contribution in [0.3, 0.4) is 0 Å². The molecule has 1 amide bonds. The average molecular weight is 714 g/mol. The van der Waals surface area contributed by atoms with Crippen LogP contribution in [0.15, 0.2) is 54.4 Å². The Morgan fingerprint density at radius 2 is 1.80 bits per heavy atom. The molecule has 3 aromatic rings. The van der Waals surface area contributed by atoms with Gasteiger partial charge in [-0.05, 0) is 75.1 Å². The molecule has 252 valence electrons. The molecule has 1 aromatic heterocycles. The van der Waals surface area contributed by atoms with Gasteiger partial charge in [0, 0.05) is 42.7 Å². The lowest BCUT2D eigenvalue weighted by Crippen LogP contribution is -2.40. The number of fused-ring (bicyclic) bond motifs is 1. The Morgan fingerprint density at radius 3 is 2.48 bits per heavy atom. The molecule has 2 heterocycles. The van der Waals surface area contributed by atoms with E-state index in [4.69, 9.17) is 16.3 Å². The molecule has 0 radical (unpaired) electrons. The van der Waals surface area contributed by atoms with Crippen LogP contribution in [0.25, 0.3) is 6.08 Å². The van der Waals surface area contributed by atoms with E-state index in [-0.39, 0.29) is 47.4 Å². The predicted molar refractivity (Wildman–Crippen MR) is 192 cm³/mol. The van der Waals surface area contributed by atoms with Crippen LogP contribution in [0.2, 0.25) is 5.02 Å². The molecule has 0 aliphatic carbocycles. The third-order valence-electron chi connectivity index (χ3n) is 6.59. The number of sulfone groups is 1. The fraction of sp³-hybridized carbons (Fsp3) is 0.406. The fourth-order valence-corrected chi connectivity index (χ4v) is 6.63. The summed E-state index contributed by atoms with van der Waals surface area (Å²) in [4.78, 5) is 21.5. The number of anilines is 3. The monoisotopic (exact) mass is 712 g/mol. The maximum absolute atomic E-state index is 12.6. The smallest absolute Gasteiger partial charge is 0.251 e. The summed E-state index contributed by atoms with van der Waals surface area (Å²) in [6, 6.07) is 12.3. The lowest BCUT2D eigenvalue weighted by molar-refractivity contribution is 0.0919. The first-order chi connectivity index (χ1) is 20.6. The number of aromatic nitrogens is 2. The second kappa shape index (κ2) is 16.1. The molecule has 2 aromatic carbocycles. The first-order valence-corrected chi connectivity index (χ1v) is 16.8. The summed E-state index contributed by atoms with van der Waals surface area (Å²) in [7, 11) is -3.07. The van der Waals surface area contributed by atoms with E-state index in [1.165, 1.54) is 12.6 Å². The van der Waals surface area contributed by atoms with E-state index in [0.29, 0.717) is 53.2 Å². The zero-order valence-electron chi connectivity index (χ0n) is 26.9. The first-order valence-electron chi connectivity index (χ1n) is 14.4. The van der Waals surface area contributed by atoms with Crippen molar-refractivity contribution in [2.75, 3.05) is 42.3 Å². The number of benzene rings is 2. The number of hydrogen-bond acceptors (Lipinski definition) is 9. The minimum absolute atomic E-state index is 0. The number of nitrogens with one attached hydrogen (secondary N) is 4. The summed E-state index contributed by atoms with van der Waals surface area (Å²) in [5.74, 6) is 2.20. The summed E-state index contributed by atoms with van der Waals surface area (Å²) in [5.41, 5.74) is 2.42. The van der Waals surface area contributed by atoms with Gasteiger partial charge < -0.3 is 26.0 Å². The van der Waals surface area contributed by atoms with E-state index in [0.717, 1.165) is 23.4 Å². The van der Waals surface area contributed by atoms with Crippen LogP contribution in [0, 0.1) is 5.41 Å². The van der Waals surface area contributed by atoms with Crippen molar-refractivity contribution in [1.82, 2.24) is 20.6 Å². The van der Waals surface area contributed by atoms with Crippen molar-refractivity contribution < 1.29 is 17.9 Å². The predicted octanol–water partition coefficient (Wildman–Crippen LogP) is 6.90. The van der Waals surface area contributed by atoms with Gasteiger partial charge in [0.2, 0.25) is 0 Å². The molecule has 4 N–H and O–H groups in total. The van der Waals surface area contributed by atoms with E-state index >= 15 is 0 Å². The number of carbonyl (C=O) groups is 1. The second-order valence-electron chi connectivity index (χ2n) is 12.9. The lowest BCUT2D eigenvalue weighted by Gasteiger charge is -2.24. The van der Waals surface area contributed by atoms with Gasteiger partial charge in [0.05, 0.1) is 16.3 Å². The molecule has 0 unspecified atom stereocenters. The molecule has 0 atom stereocenters. The molecule has 0 saturated heterocycles. The minimum Gasteiger partial charge on any atom is -0.456 e. The Bertz CT molecular complexity index is 1660. The van der Waals surface area contributed by atoms with Crippen molar-refractivity contribution in [3.05, 3.63) is 70.5 Å². The maximum Gasteiger partial charge on any atom is 0.251 e. The molecule has 1 aliphatic rings. The van der Waals surface area contributed by atoms with Gasteiger partial charge in [-0.1, -0.05) is 37.1 Å². The molecule has 10 nitrogen and oxygen atoms in total. The van der Waals surface area contributed by atoms with Crippen molar-refractivity contribution in [2.45, 2.75) is 46.6 Å². The van der Waals surface area contributed by atoms with Gasteiger partial charge in [-0.15, -0.1) is 24.8 Å². The number of ether oxygens (including phenoxy) is 1. The molecular weight excluding hydrogens is 671 g/mol. The molecule has 0 spiro atoms. The normalized spacial score (nSPS) is 13.1. The molecule has 0 saturated carbocycles. The van der Waals surface area contributed by atoms with Crippen LogP contribution in [-0.2, 0) is 9.84 Å². The Hall–Kier alpha value is -3.09. The number of halogens is 3. The zero-order valence-corrected chi connectivity index (χ0v) is 30.1. The van der Waals surface area contributed by atoms with Crippen LogP contribution in [0.1, 0.15) is 57.0 Å². The highest BCUT2D eigenvalue weighted by Gasteiger charge is 2.23.